The van der Waals surface area contributed by atoms with Gasteiger partial charge in [0, 0.05) is 25.7 Å². The van der Waals surface area contributed by atoms with E-state index in [1.54, 1.807) is 0 Å². The van der Waals surface area contributed by atoms with Crippen molar-refractivity contribution < 1.29 is 14.2 Å². The van der Waals surface area contributed by atoms with Crippen LogP contribution in [0, 0.1) is 0 Å². The summed E-state index contributed by atoms with van der Waals surface area (Å²) in [6.07, 6.45) is 4.67. The number of hydrogen-bond donors (Lipinski definition) is 1. The summed E-state index contributed by atoms with van der Waals surface area (Å²) in [7, 11) is 0. The molecule has 0 spiro atoms. The van der Waals surface area contributed by atoms with Crippen LogP contribution < -0.4 is 5.73 Å². The topological polar surface area (TPSA) is 57.0 Å². The Kier molecular flexibility index (Phi) is 11.2. The fourth-order valence-electron chi connectivity index (χ4n) is 2.28. The first-order valence-electron chi connectivity index (χ1n) is 8.04. The lowest BCUT2D eigenvalue weighted by molar-refractivity contribution is 0.00904. The average molecular weight is 288 g/mol. The van der Waals surface area contributed by atoms with E-state index in [1.165, 1.54) is 12.8 Å². The van der Waals surface area contributed by atoms with Gasteiger partial charge in [0.1, 0.15) is 0 Å². The second-order valence-corrected chi connectivity index (χ2v) is 5.39. The number of likely N-dealkylation sites (tertiary alicyclic amines) is 1. The van der Waals surface area contributed by atoms with Gasteiger partial charge in [-0.15, -0.1) is 0 Å². The van der Waals surface area contributed by atoms with Crippen LogP contribution in [0.5, 0.6) is 0 Å². The van der Waals surface area contributed by atoms with E-state index >= 15 is 0 Å². The van der Waals surface area contributed by atoms with Crippen molar-refractivity contribution >= 4 is 0 Å². The van der Waals surface area contributed by atoms with Crippen molar-refractivity contribution in [3.8, 4) is 0 Å². The maximum atomic E-state index is 5.94. The van der Waals surface area contributed by atoms with Crippen LogP contribution in [0.1, 0.15) is 32.6 Å². The number of rotatable bonds is 12. The van der Waals surface area contributed by atoms with E-state index in [4.69, 9.17) is 19.9 Å². The van der Waals surface area contributed by atoms with Crippen molar-refractivity contribution in [2.45, 2.75) is 38.6 Å². The molecule has 1 fully saturated rings. The van der Waals surface area contributed by atoms with Gasteiger partial charge in [0.25, 0.3) is 0 Å². The molecule has 1 atom stereocenters. The number of nitrogens with zero attached hydrogens (tertiary/aromatic N) is 1. The summed E-state index contributed by atoms with van der Waals surface area (Å²) >= 11 is 0. The molecule has 0 radical (unpaired) electrons. The zero-order valence-electron chi connectivity index (χ0n) is 13.0. The van der Waals surface area contributed by atoms with Crippen LogP contribution >= 0.6 is 0 Å². The van der Waals surface area contributed by atoms with Crippen molar-refractivity contribution in [1.82, 2.24) is 4.90 Å². The van der Waals surface area contributed by atoms with E-state index in [0.29, 0.717) is 32.5 Å². The molecule has 5 nitrogen and oxygen atoms in total. The SMILES string of the molecule is CCCCOCCOCCOCCN1CCCC(N)C1. The number of piperidine rings is 1. The zero-order valence-corrected chi connectivity index (χ0v) is 13.0. The summed E-state index contributed by atoms with van der Waals surface area (Å²) in [6.45, 7) is 9.57. The molecule has 1 unspecified atom stereocenters. The highest BCUT2D eigenvalue weighted by atomic mass is 16.5. The van der Waals surface area contributed by atoms with E-state index in [9.17, 15) is 0 Å². The largest absolute Gasteiger partial charge is 0.379 e. The molecule has 0 bridgehead atoms. The summed E-state index contributed by atoms with van der Waals surface area (Å²) in [6, 6.07) is 0.347. The van der Waals surface area contributed by atoms with Gasteiger partial charge in [-0.1, -0.05) is 13.3 Å². The first kappa shape index (κ1) is 17.9. The number of ether oxygens (including phenoxy) is 3. The summed E-state index contributed by atoms with van der Waals surface area (Å²) in [5.41, 5.74) is 5.94. The van der Waals surface area contributed by atoms with Gasteiger partial charge in [0.15, 0.2) is 0 Å². The minimum Gasteiger partial charge on any atom is -0.379 e. The molecule has 1 rings (SSSR count). The van der Waals surface area contributed by atoms with Crippen molar-refractivity contribution in [2.24, 2.45) is 5.73 Å². The molecule has 2 N–H and O–H groups in total. The third kappa shape index (κ3) is 9.66. The van der Waals surface area contributed by atoms with Gasteiger partial charge in [0.2, 0.25) is 0 Å². The predicted octanol–water partition coefficient (Wildman–Crippen LogP) is 1.26. The minimum absolute atomic E-state index is 0.347. The van der Waals surface area contributed by atoms with Crippen molar-refractivity contribution in [1.29, 1.82) is 0 Å². The van der Waals surface area contributed by atoms with E-state index in [-0.39, 0.29) is 0 Å². The third-order valence-electron chi connectivity index (χ3n) is 3.48. The zero-order chi connectivity index (χ0) is 14.5. The molecular weight excluding hydrogens is 256 g/mol. The van der Waals surface area contributed by atoms with E-state index < -0.39 is 0 Å². The Balaban J connectivity index is 1.76. The van der Waals surface area contributed by atoms with Gasteiger partial charge in [-0.05, 0) is 25.8 Å². The van der Waals surface area contributed by atoms with Crippen molar-refractivity contribution in [2.75, 3.05) is 59.3 Å². The minimum atomic E-state index is 0.347. The molecule has 1 heterocycles. The van der Waals surface area contributed by atoms with Gasteiger partial charge in [0.05, 0.1) is 33.0 Å². The molecule has 1 aliphatic rings. The Morgan fingerprint density at radius 2 is 1.65 bits per heavy atom. The van der Waals surface area contributed by atoms with Crippen molar-refractivity contribution in [3.05, 3.63) is 0 Å². The number of nitrogens with two attached hydrogens (primary N) is 1. The van der Waals surface area contributed by atoms with Gasteiger partial charge < -0.3 is 19.9 Å². The molecule has 0 saturated carbocycles. The molecule has 1 aliphatic heterocycles. The molecule has 0 aromatic heterocycles. The Morgan fingerprint density at radius 3 is 2.30 bits per heavy atom. The van der Waals surface area contributed by atoms with Crippen LogP contribution in [0.25, 0.3) is 0 Å². The third-order valence-corrected chi connectivity index (χ3v) is 3.48. The van der Waals surface area contributed by atoms with Gasteiger partial charge >= 0.3 is 0 Å². The molecule has 5 heteroatoms. The van der Waals surface area contributed by atoms with Gasteiger partial charge in [-0.2, -0.15) is 0 Å². The molecule has 0 aliphatic carbocycles. The lowest BCUT2D eigenvalue weighted by Crippen LogP contribution is -2.44. The number of unbranched alkanes of at least 4 members (excludes halogenated alkanes) is 1. The second-order valence-electron chi connectivity index (χ2n) is 5.39. The lowest BCUT2D eigenvalue weighted by atomic mass is 10.1. The molecule has 0 amide bonds. The lowest BCUT2D eigenvalue weighted by Gasteiger charge is -2.30. The van der Waals surface area contributed by atoms with E-state index in [1.807, 2.05) is 0 Å². The van der Waals surface area contributed by atoms with Crippen molar-refractivity contribution in [3.63, 3.8) is 0 Å². The summed E-state index contributed by atoms with van der Waals surface area (Å²) in [4.78, 5) is 2.39. The Labute approximate surface area is 123 Å². The van der Waals surface area contributed by atoms with Crippen LogP contribution in [-0.4, -0.2) is 70.2 Å². The molecular formula is C15H32N2O3. The maximum absolute atomic E-state index is 5.94. The van der Waals surface area contributed by atoms with Gasteiger partial charge in [-0.3, -0.25) is 4.90 Å². The molecule has 0 aromatic carbocycles. The highest BCUT2D eigenvalue weighted by Crippen LogP contribution is 2.07. The van der Waals surface area contributed by atoms with Crippen LogP contribution in [0.2, 0.25) is 0 Å². The first-order chi connectivity index (χ1) is 9.83. The van der Waals surface area contributed by atoms with E-state index in [2.05, 4.69) is 11.8 Å². The van der Waals surface area contributed by atoms with Gasteiger partial charge in [-0.25, -0.2) is 0 Å². The fourth-order valence-corrected chi connectivity index (χ4v) is 2.28. The van der Waals surface area contributed by atoms with Crippen LogP contribution in [-0.2, 0) is 14.2 Å². The van der Waals surface area contributed by atoms with Crippen LogP contribution in [0.4, 0.5) is 0 Å². The summed E-state index contributed by atoms with van der Waals surface area (Å²) < 4.78 is 16.4. The first-order valence-corrected chi connectivity index (χ1v) is 8.04. The quantitative estimate of drug-likeness (QED) is 0.548. The summed E-state index contributed by atoms with van der Waals surface area (Å²) in [5, 5.41) is 0. The average Bonchev–Trinajstić information content (AvgIpc) is 2.45. The highest BCUT2D eigenvalue weighted by molar-refractivity contribution is 4.74. The fraction of sp³-hybridized carbons (Fsp3) is 1.00. The normalized spacial score (nSPS) is 20.4. The van der Waals surface area contributed by atoms with Crippen LogP contribution in [0.3, 0.4) is 0 Å². The standard InChI is InChI=1S/C15H32N2O3/c1-2-3-8-18-10-12-20-13-11-19-9-7-17-6-4-5-15(16)14-17/h15H,2-14,16H2,1H3. The molecule has 0 aromatic rings. The predicted molar refractivity (Wildman–Crippen MR) is 81.0 cm³/mol. The molecule has 1 saturated heterocycles. The smallest absolute Gasteiger partial charge is 0.0701 e. The Bertz CT molecular complexity index is 217. The molecule has 120 valence electrons. The maximum Gasteiger partial charge on any atom is 0.0701 e. The highest BCUT2D eigenvalue weighted by Gasteiger charge is 2.15. The Morgan fingerprint density at radius 1 is 1.00 bits per heavy atom. The second kappa shape index (κ2) is 12.5. The Hall–Kier alpha value is -0.200. The van der Waals surface area contributed by atoms with E-state index in [0.717, 1.165) is 45.7 Å². The molecule has 20 heavy (non-hydrogen) atoms. The number of hydrogen-bond acceptors (Lipinski definition) is 5. The van der Waals surface area contributed by atoms with Crippen LogP contribution in [0.15, 0.2) is 0 Å². The summed E-state index contributed by atoms with van der Waals surface area (Å²) in [5.74, 6) is 0. The monoisotopic (exact) mass is 288 g/mol.